The average Bonchev–Trinajstić information content (AvgIpc) is 3.16. The molecule has 0 aliphatic carbocycles. The monoisotopic (exact) mass is 353 g/mol. The number of aliphatic hydroxyl groups is 1. The Hall–Kier alpha value is -1.67. The summed E-state index contributed by atoms with van der Waals surface area (Å²) in [5.74, 6) is 0.00830. The molecule has 0 aromatic carbocycles. The number of hydrogen-bond donors (Lipinski definition) is 1. The van der Waals surface area contributed by atoms with Gasteiger partial charge in [0.15, 0.2) is 0 Å². The van der Waals surface area contributed by atoms with Crippen molar-refractivity contribution in [3.05, 3.63) is 10.6 Å². The highest BCUT2D eigenvalue weighted by Crippen LogP contribution is 2.41. The number of amides is 2. The summed E-state index contributed by atoms with van der Waals surface area (Å²) in [4.78, 5) is 33.9. The van der Waals surface area contributed by atoms with Crippen LogP contribution in [0.25, 0.3) is 0 Å². The average molecular weight is 353 g/mol. The molecule has 2 fully saturated rings. The van der Waals surface area contributed by atoms with Gasteiger partial charge in [-0.15, -0.1) is 0 Å². The maximum atomic E-state index is 12.8. The van der Waals surface area contributed by atoms with Crippen LogP contribution < -0.4 is 4.74 Å². The lowest BCUT2D eigenvalue weighted by Gasteiger charge is -2.39. The third-order valence-electron chi connectivity index (χ3n) is 4.98. The molecule has 0 unspecified atom stereocenters. The summed E-state index contributed by atoms with van der Waals surface area (Å²) in [5.41, 5.74) is 0.186. The second-order valence-corrected chi connectivity index (χ2v) is 7.44. The molecule has 2 saturated heterocycles. The van der Waals surface area contributed by atoms with E-state index in [1.807, 2.05) is 0 Å². The number of β-amino-alcohol motifs (C(OH)–C–C–N with tert-alkyl or cyclic N) is 1. The van der Waals surface area contributed by atoms with Crippen LogP contribution in [0.1, 0.15) is 34.6 Å². The first kappa shape index (κ1) is 17.2. The van der Waals surface area contributed by atoms with E-state index >= 15 is 0 Å². The fourth-order valence-electron chi connectivity index (χ4n) is 3.71. The number of carbonyl (C=O) groups is 2. The highest BCUT2D eigenvalue weighted by molar-refractivity contribution is 7.15. The van der Waals surface area contributed by atoms with Crippen molar-refractivity contribution >= 4 is 23.2 Å². The third kappa shape index (κ3) is 2.88. The minimum Gasteiger partial charge on any atom is -0.473 e. The molecule has 3 heterocycles. The van der Waals surface area contributed by atoms with Gasteiger partial charge in [-0.25, -0.2) is 4.98 Å². The highest BCUT2D eigenvalue weighted by Gasteiger charge is 2.49. The number of rotatable bonds is 4. The van der Waals surface area contributed by atoms with Crippen LogP contribution >= 0.6 is 11.3 Å². The maximum absolute atomic E-state index is 12.8. The number of aromatic nitrogens is 1. The van der Waals surface area contributed by atoms with Crippen molar-refractivity contribution in [2.75, 3.05) is 39.9 Å². The molecule has 7 nitrogen and oxygen atoms in total. The Morgan fingerprint density at radius 3 is 2.88 bits per heavy atom. The van der Waals surface area contributed by atoms with Gasteiger partial charge in [-0.1, -0.05) is 11.3 Å². The lowest BCUT2D eigenvalue weighted by molar-refractivity contribution is -0.146. The van der Waals surface area contributed by atoms with Crippen molar-refractivity contribution in [3.8, 4) is 5.19 Å². The maximum Gasteiger partial charge on any atom is 0.273 e. The predicted molar refractivity (Wildman–Crippen MR) is 89.3 cm³/mol. The molecular formula is C16H23N3O4S. The van der Waals surface area contributed by atoms with Crippen molar-refractivity contribution in [2.24, 2.45) is 5.41 Å². The first-order valence-corrected chi connectivity index (χ1v) is 9.03. The molecule has 0 saturated carbocycles. The van der Waals surface area contributed by atoms with Crippen molar-refractivity contribution < 1.29 is 19.4 Å². The van der Waals surface area contributed by atoms with E-state index < -0.39 is 5.41 Å². The highest BCUT2D eigenvalue weighted by atomic mass is 32.1. The van der Waals surface area contributed by atoms with Gasteiger partial charge in [0.2, 0.25) is 5.91 Å². The fourth-order valence-corrected chi connectivity index (χ4v) is 4.56. The molecule has 132 valence electrons. The number of aliphatic hydroxyl groups excluding tert-OH is 1. The van der Waals surface area contributed by atoms with Crippen molar-refractivity contribution in [1.29, 1.82) is 0 Å². The smallest absolute Gasteiger partial charge is 0.273 e. The van der Waals surface area contributed by atoms with Gasteiger partial charge in [0, 0.05) is 26.2 Å². The van der Waals surface area contributed by atoms with Crippen LogP contribution in [0.15, 0.2) is 0 Å². The molecule has 1 atom stereocenters. The number of piperidine rings is 1. The zero-order valence-corrected chi connectivity index (χ0v) is 14.9. The number of aryl methyl sites for hydroxylation is 1. The first-order valence-electron chi connectivity index (χ1n) is 8.22. The molecule has 1 aromatic heterocycles. The summed E-state index contributed by atoms with van der Waals surface area (Å²) in [7, 11) is 1.54. The summed E-state index contributed by atoms with van der Waals surface area (Å²) in [6, 6.07) is 0. The Morgan fingerprint density at radius 2 is 2.21 bits per heavy atom. The van der Waals surface area contributed by atoms with Crippen LogP contribution in [-0.4, -0.2) is 71.6 Å². The molecule has 1 N–H and O–H groups in total. The van der Waals surface area contributed by atoms with Gasteiger partial charge in [-0.3, -0.25) is 9.59 Å². The number of likely N-dealkylation sites (tertiary alicyclic amines) is 2. The molecule has 2 amide bonds. The predicted octanol–water partition coefficient (Wildman–Crippen LogP) is 0.907. The van der Waals surface area contributed by atoms with E-state index in [2.05, 4.69) is 4.98 Å². The molecule has 2 aliphatic heterocycles. The van der Waals surface area contributed by atoms with Gasteiger partial charge in [0.25, 0.3) is 11.1 Å². The van der Waals surface area contributed by atoms with Crippen LogP contribution in [0.3, 0.4) is 0 Å². The molecule has 8 heteroatoms. The Balaban J connectivity index is 1.75. The number of methoxy groups -OCH3 is 1. The van der Waals surface area contributed by atoms with Gasteiger partial charge in [-0.2, -0.15) is 0 Å². The molecule has 1 spiro atoms. The van der Waals surface area contributed by atoms with Gasteiger partial charge in [0.05, 0.1) is 24.8 Å². The van der Waals surface area contributed by atoms with E-state index in [1.165, 1.54) is 18.4 Å². The number of thiazole rings is 1. The summed E-state index contributed by atoms with van der Waals surface area (Å²) in [6.07, 6.45) is 2.41. The Bertz CT molecular complexity index is 645. The first-order chi connectivity index (χ1) is 11.5. The molecule has 1 aromatic rings. The lowest BCUT2D eigenvalue weighted by atomic mass is 9.78. The van der Waals surface area contributed by atoms with Crippen molar-refractivity contribution in [3.63, 3.8) is 0 Å². The van der Waals surface area contributed by atoms with Gasteiger partial charge in [-0.05, 0) is 26.2 Å². The number of hydrogen-bond acceptors (Lipinski definition) is 6. The fraction of sp³-hybridized carbons (Fsp3) is 0.688. The minimum absolute atomic E-state index is 0.0235. The normalized spacial score (nSPS) is 24.0. The second-order valence-electron chi connectivity index (χ2n) is 6.47. The topological polar surface area (TPSA) is 83.0 Å². The Kier molecular flexibility index (Phi) is 4.78. The second kappa shape index (κ2) is 6.68. The zero-order chi connectivity index (χ0) is 17.3. The van der Waals surface area contributed by atoms with E-state index in [9.17, 15) is 9.59 Å². The molecule has 0 radical (unpaired) electrons. The largest absolute Gasteiger partial charge is 0.473 e. The van der Waals surface area contributed by atoms with E-state index in [-0.39, 0.29) is 18.4 Å². The van der Waals surface area contributed by atoms with Crippen molar-refractivity contribution in [2.45, 2.75) is 26.2 Å². The van der Waals surface area contributed by atoms with Crippen LogP contribution in [0.4, 0.5) is 0 Å². The minimum atomic E-state index is -0.480. The third-order valence-corrected chi connectivity index (χ3v) is 6.09. The molecular weight excluding hydrogens is 330 g/mol. The summed E-state index contributed by atoms with van der Waals surface area (Å²) in [5, 5.41) is 9.62. The van der Waals surface area contributed by atoms with E-state index in [1.54, 1.807) is 16.7 Å². The van der Waals surface area contributed by atoms with Crippen molar-refractivity contribution in [1.82, 2.24) is 14.8 Å². The van der Waals surface area contributed by atoms with Crippen LogP contribution in [-0.2, 0) is 4.79 Å². The molecule has 24 heavy (non-hydrogen) atoms. The summed E-state index contributed by atoms with van der Waals surface area (Å²) in [6.45, 7) is 3.88. The Labute approximate surface area is 145 Å². The van der Waals surface area contributed by atoms with E-state index in [0.717, 1.165) is 12.8 Å². The number of carbonyl (C=O) groups excluding carboxylic acids is 2. The standard InChI is InChI=1S/C16H23N3O4S/c1-11-12(24-15(17-11)23-2)13(21)19-7-5-16(10-19)4-3-6-18(8-9-20)14(16)22/h20H,3-10H2,1-2H3/t16-/m0/s1. The Morgan fingerprint density at radius 1 is 1.42 bits per heavy atom. The summed E-state index contributed by atoms with van der Waals surface area (Å²) >= 11 is 1.25. The molecule has 0 bridgehead atoms. The number of nitrogens with zero attached hydrogens (tertiary/aromatic N) is 3. The van der Waals surface area contributed by atoms with E-state index in [4.69, 9.17) is 9.84 Å². The van der Waals surface area contributed by atoms with Gasteiger partial charge < -0.3 is 19.6 Å². The van der Waals surface area contributed by atoms with Gasteiger partial charge in [0.1, 0.15) is 4.88 Å². The van der Waals surface area contributed by atoms with E-state index in [0.29, 0.717) is 48.4 Å². The number of ether oxygens (including phenoxy) is 1. The molecule has 2 aliphatic rings. The van der Waals surface area contributed by atoms with Gasteiger partial charge >= 0.3 is 0 Å². The van der Waals surface area contributed by atoms with Crippen LogP contribution in [0.2, 0.25) is 0 Å². The molecule has 3 rings (SSSR count). The lowest BCUT2D eigenvalue weighted by Crippen LogP contribution is -2.51. The van der Waals surface area contributed by atoms with Crippen LogP contribution in [0.5, 0.6) is 5.19 Å². The summed E-state index contributed by atoms with van der Waals surface area (Å²) < 4.78 is 5.11. The quantitative estimate of drug-likeness (QED) is 0.870. The van der Waals surface area contributed by atoms with Crippen LogP contribution in [0, 0.1) is 12.3 Å². The SMILES string of the molecule is COc1nc(C)c(C(=O)N2CC[C@@]3(CCCN(CCO)C3=O)C2)s1. The zero-order valence-electron chi connectivity index (χ0n) is 14.1.